The standard InChI is InChI=1S/C29H28N6O8S/c1-13(36)32-16-8-4-15(5-9-16)22-31-12-18(23(38)33-22)24(39)34(25(40)19(30)14-6-10-17(37)11-7-14)20-26(41)35-21(28(42)43)29(2,3)44-27(20)35/h4-12,19-21,27,37H,30H2,1-3H3,(H,32,36)(H,42,43)(H,31,33,38)/t19-,20-,21+,27-/m1/s1. The minimum Gasteiger partial charge on any atom is -0.508 e. The van der Waals surface area contributed by atoms with Crippen molar-refractivity contribution < 1.29 is 34.2 Å². The molecule has 3 heterocycles. The lowest BCUT2D eigenvalue weighted by Gasteiger charge is -2.47. The first-order valence-corrected chi connectivity index (χ1v) is 14.2. The van der Waals surface area contributed by atoms with Gasteiger partial charge in [-0.25, -0.2) is 9.78 Å². The second-order valence-electron chi connectivity index (χ2n) is 10.9. The number of carbonyl (C=O) groups excluding carboxylic acids is 4. The monoisotopic (exact) mass is 620 g/mol. The number of aromatic amines is 1. The molecule has 228 valence electrons. The van der Waals surface area contributed by atoms with E-state index in [9.17, 15) is 39.0 Å². The van der Waals surface area contributed by atoms with Gasteiger partial charge in [0.2, 0.25) is 5.91 Å². The first-order valence-electron chi connectivity index (χ1n) is 13.3. The van der Waals surface area contributed by atoms with Crippen LogP contribution in [0.1, 0.15) is 42.7 Å². The summed E-state index contributed by atoms with van der Waals surface area (Å²) in [6.45, 7) is 4.65. The summed E-state index contributed by atoms with van der Waals surface area (Å²) >= 11 is 1.12. The maximum absolute atomic E-state index is 14.0. The van der Waals surface area contributed by atoms with Gasteiger partial charge in [0.25, 0.3) is 23.3 Å². The van der Waals surface area contributed by atoms with Gasteiger partial charge in [0, 0.05) is 29.1 Å². The van der Waals surface area contributed by atoms with Crippen LogP contribution in [-0.4, -0.2) is 81.8 Å². The van der Waals surface area contributed by atoms with E-state index in [1.54, 1.807) is 38.1 Å². The highest BCUT2D eigenvalue weighted by molar-refractivity contribution is 8.01. The number of carbonyl (C=O) groups is 5. The maximum Gasteiger partial charge on any atom is 0.327 e. The molecule has 4 amide bonds. The molecule has 1 aromatic heterocycles. The number of aromatic nitrogens is 2. The molecule has 4 atom stereocenters. The molecular weight excluding hydrogens is 592 g/mol. The Kier molecular flexibility index (Phi) is 7.77. The van der Waals surface area contributed by atoms with Crippen LogP contribution in [0, 0.1) is 0 Å². The van der Waals surface area contributed by atoms with Crippen molar-refractivity contribution in [2.24, 2.45) is 5.73 Å². The van der Waals surface area contributed by atoms with E-state index in [2.05, 4.69) is 15.3 Å². The van der Waals surface area contributed by atoms with Gasteiger partial charge in [0.1, 0.15) is 40.6 Å². The number of nitrogens with two attached hydrogens (primary N) is 1. The highest BCUT2D eigenvalue weighted by Gasteiger charge is 2.66. The molecule has 2 fully saturated rings. The molecule has 0 saturated carbocycles. The van der Waals surface area contributed by atoms with E-state index >= 15 is 0 Å². The molecule has 15 heteroatoms. The third-order valence-electron chi connectivity index (χ3n) is 7.41. The molecule has 0 radical (unpaired) electrons. The highest BCUT2D eigenvalue weighted by atomic mass is 32.2. The summed E-state index contributed by atoms with van der Waals surface area (Å²) in [5.41, 5.74) is 6.01. The number of hydrogen-bond donors (Lipinski definition) is 5. The number of carboxylic acid groups (broad SMARTS) is 1. The van der Waals surface area contributed by atoms with Crippen molar-refractivity contribution >= 4 is 47.0 Å². The average molecular weight is 621 g/mol. The highest BCUT2D eigenvalue weighted by Crippen LogP contribution is 2.52. The van der Waals surface area contributed by atoms with E-state index in [0.29, 0.717) is 16.2 Å². The quantitative estimate of drug-likeness (QED) is 0.237. The number of phenols is 1. The van der Waals surface area contributed by atoms with Crippen molar-refractivity contribution in [2.75, 3.05) is 5.32 Å². The number of phenolic OH excluding ortho intramolecular Hbond substituents is 1. The number of aliphatic carboxylic acids is 1. The number of amides is 4. The predicted molar refractivity (Wildman–Crippen MR) is 158 cm³/mol. The van der Waals surface area contributed by atoms with Gasteiger partial charge in [-0.2, -0.15) is 0 Å². The van der Waals surface area contributed by atoms with Crippen LogP contribution in [0.4, 0.5) is 5.69 Å². The second kappa shape index (κ2) is 11.2. The zero-order valence-electron chi connectivity index (χ0n) is 23.7. The number of benzene rings is 2. The molecule has 3 aromatic rings. The summed E-state index contributed by atoms with van der Waals surface area (Å²) < 4.78 is -0.950. The third-order valence-corrected chi connectivity index (χ3v) is 8.97. The van der Waals surface area contributed by atoms with Crippen LogP contribution in [0.25, 0.3) is 11.4 Å². The number of imide groups is 1. The van der Waals surface area contributed by atoms with Gasteiger partial charge in [-0.1, -0.05) is 12.1 Å². The van der Waals surface area contributed by atoms with Crippen molar-refractivity contribution in [1.82, 2.24) is 19.8 Å². The number of nitrogens with zero attached hydrogens (tertiary/aromatic N) is 3. The summed E-state index contributed by atoms with van der Waals surface area (Å²) in [6.07, 6.45) is 0.983. The number of fused-ring (bicyclic) bond motifs is 1. The number of rotatable bonds is 7. The molecule has 2 aromatic carbocycles. The number of β-lactam (4-membered cyclic amide) rings is 1. The van der Waals surface area contributed by atoms with E-state index in [4.69, 9.17) is 5.73 Å². The fourth-order valence-electron chi connectivity index (χ4n) is 5.31. The summed E-state index contributed by atoms with van der Waals surface area (Å²) in [5, 5.41) is 21.2. The molecule has 0 spiro atoms. The fourth-order valence-corrected chi connectivity index (χ4v) is 6.98. The van der Waals surface area contributed by atoms with Crippen LogP contribution in [0.5, 0.6) is 5.75 Å². The van der Waals surface area contributed by atoms with E-state index in [0.717, 1.165) is 22.9 Å². The van der Waals surface area contributed by atoms with Gasteiger partial charge in [-0.3, -0.25) is 28.9 Å². The van der Waals surface area contributed by atoms with Gasteiger partial charge in [-0.15, -0.1) is 11.8 Å². The Balaban J connectivity index is 1.51. The minimum atomic E-state index is -1.47. The molecule has 2 aliphatic rings. The zero-order valence-corrected chi connectivity index (χ0v) is 24.5. The molecule has 44 heavy (non-hydrogen) atoms. The van der Waals surface area contributed by atoms with Gasteiger partial charge in [0.05, 0.1) is 0 Å². The van der Waals surface area contributed by atoms with Crippen LogP contribution < -0.4 is 16.6 Å². The van der Waals surface area contributed by atoms with Crippen LogP contribution >= 0.6 is 11.8 Å². The second-order valence-corrected chi connectivity index (χ2v) is 12.6. The van der Waals surface area contributed by atoms with E-state index in [1.165, 1.54) is 31.2 Å². The molecule has 2 aliphatic heterocycles. The number of nitrogens with one attached hydrogen (secondary N) is 2. The number of hydrogen-bond acceptors (Lipinski definition) is 10. The normalized spacial score (nSPS) is 20.7. The van der Waals surface area contributed by atoms with Gasteiger partial charge < -0.3 is 31.1 Å². The Morgan fingerprint density at radius 3 is 2.30 bits per heavy atom. The van der Waals surface area contributed by atoms with Crippen LogP contribution in [0.3, 0.4) is 0 Å². The molecule has 14 nitrogen and oxygen atoms in total. The number of aromatic hydroxyl groups is 1. The van der Waals surface area contributed by atoms with Crippen LogP contribution in [0.2, 0.25) is 0 Å². The van der Waals surface area contributed by atoms with E-state index in [-0.39, 0.29) is 23.0 Å². The molecule has 5 rings (SSSR count). The molecule has 0 bridgehead atoms. The lowest BCUT2D eigenvalue weighted by molar-refractivity contribution is -0.166. The van der Waals surface area contributed by atoms with Crippen molar-refractivity contribution in [3.63, 3.8) is 0 Å². The van der Waals surface area contributed by atoms with Gasteiger partial charge in [0.15, 0.2) is 0 Å². The van der Waals surface area contributed by atoms with Crippen molar-refractivity contribution in [1.29, 1.82) is 0 Å². The van der Waals surface area contributed by atoms with Crippen LogP contribution in [0.15, 0.2) is 59.5 Å². The largest absolute Gasteiger partial charge is 0.508 e. The van der Waals surface area contributed by atoms with Gasteiger partial charge >= 0.3 is 5.97 Å². The minimum absolute atomic E-state index is 0.0853. The number of carboxylic acids is 1. The van der Waals surface area contributed by atoms with Gasteiger partial charge in [-0.05, 0) is 55.8 Å². The zero-order chi connectivity index (χ0) is 32.1. The summed E-state index contributed by atoms with van der Waals surface area (Å²) in [4.78, 5) is 86.2. The predicted octanol–water partition coefficient (Wildman–Crippen LogP) is 1.29. The first kappa shape index (κ1) is 30.4. The van der Waals surface area contributed by atoms with Crippen molar-refractivity contribution in [2.45, 2.75) is 49.0 Å². The topological polar surface area (TPSA) is 216 Å². The van der Waals surface area contributed by atoms with Crippen molar-refractivity contribution in [3.05, 3.63) is 76.2 Å². The fraction of sp³-hybridized carbons (Fsp3) is 0.276. The Bertz CT molecular complexity index is 1740. The van der Waals surface area contributed by atoms with E-state index < -0.39 is 63.1 Å². The molecule has 2 saturated heterocycles. The number of thioether (sulfide) groups is 1. The molecule has 6 N–H and O–H groups in total. The maximum atomic E-state index is 14.0. The summed E-state index contributed by atoms with van der Waals surface area (Å²) in [6, 6.07) is 7.63. The first-order chi connectivity index (χ1) is 20.7. The lowest BCUT2D eigenvalue weighted by Crippen LogP contribution is -2.72. The average Bonchev–Trinajstić information content (AvgIpc) is 3.22. The Hall–Kier alpha value is -5.02. The summed E-state index contributed by atoms with van der Waals surface area (Å²) in [5.74, 6) is -4.40. The lowest BCUT2D eigenvalue weighted by atomic mass is 9.94. The molecule has 0 aliphatic carbocycles. The molecule has 0 unspecified atom stereocenters. The Morgan fingerprint density at radius 1 is 1.09 bits per heavy atom. The number of anilines is 1. The van der Waals surface area contributed by atoms with Crippen molar-refractivity contribution in [3.8, 4) is 17.1 Å². The van der Waals surface area contributed by atoms with E-state index in [1.807, 2.05) is 0 Å². The Morgan fingerprint density at radius 2 is 1.73 bits per heavy atom. The Labute approximate surface area is 254 Å². The summed E-state index contributed by atoms with van der Waals surface area (Å²) in [7, 11) is 0. The third kappa shape index (κ3) is 5.31. The number of H-pyrrole nitrogens is 1. The SMILES string of the molecule is CC(=O)Nc1ccc(-c2ncc(C(=O)N(C(=O)[C@H](N)c3ccc(O)cc3)[C@@H]3C(=O)N4[C@@H]3SC(C)(C)[C@@H]4C(=O)O)c(=O)[nH]2)cc1. The smallest absolute Gasteiger partial charge is 0.327 e. The van der Waals surface area contributed by atoms with Crippen LogP contribution in [-0.2, 0) is 19.2 Å². The molecular formula is C29H28N6O8S.